The quantitative estimate of drug-likeness (QED) is 0.491. The highest BCUT2D eigenvalue weighted by atomic mass is 35.5. The van der Waals surface area contributed by atoms with Gasteiger partial charge >= 0.3 is 5.97 Å². The van der Waals surface area contributed by atoms with Gasteiger partial charge in [-0.25, -0.2) is 0 Å². The maximum atomic E-state index is 13.7. The van der Waals surface area contributed by atoms with Crippen molar-refractivity contribution in [3.63, 3.8) is 0 Å². The summed E-state index contributed by atoms with van der Waals surface area (Å²) in [6, 6.07) is 6.67. The number of fused-ring (bicyclic) bond motifs is 1. The molecule has 2 aliphatic rings. The second-order valence-corrected chi connectivity index (χ2v) is 9.03. The van der Waals surface area contributed by atoms with Crippen molar-refractivity contribution in [2.45, 2.75) is 49.7 Å². The van der Waals surface area contributed by atoms with E-state index < -0.39 is 34.8 Å². The normalized spacial score (nSPS) is 25.3. The molecule has 1 saturated carbocycles. The molecule has 8 nitrogen and oxygen atoms in total. The SMILES string of the molecule is N[C@H]1CCCC[C@@H]1N1C(=O)c2ccc([N+](=O)[O-])cc2[C@@H](C(=O)O)[C@@H]1c1ccc(Cl)cc1Cl. The van der Waals surface area contributed by atoms with E-state index in [1.165, 1.54) is 29.2 Å². The van der Waals surface area contributed by atoms with E-state index in [2.05, 4.69) is 0 Å². The Hall–Kier alpha value is -2.68. The summed E-state index contributed by atoms with van der Waals surface area (Å²) in [6.07, 6.45) is 3.12. The van der Waals surface area contributed by atoms with Crippen LogP contribution in [0.15, 0.2) is 36.4 Å². The largest absolute Gasteiger partial charge is 0.481 e. The molecule has 0 radical (unpaired) electrons. The number of carbonyl (C=O) groups is 2. The van der Waals surface area contributed by atoms with E-state index in [1.54, 1.807) is 12.1 Å². The van der Waals surface area contributed by atoms with Gasteiger partial charge in [0, 0.05) is 39.8 Å². The Kier molecular flexibility index (Phi) is 6.11. The second-order valence-electron chi connectivity index (χ2n) is 8.18. The van der Waals surface area contributed by atoms with E-state index in [9.17, 15) is 24.8 Å². The molecular weight excluding hydrogens is 457 g/mol. The van der Waals surface area contributed by atoms with Crippen LogP contribution in [0.2, 0.25) is 10.0 Å². The summed E-state index contributed by atoms with van der Waals surface area (Å²) in [5.41, 5.74) is 6.74. The Morgan fingerprint density at radius 2 is 1.84 bits per heavy atom. The molecule has 0 saturated heterocycles. The van der Waals surface area contributed by atoms with Crippen LogP contribution >= 0.6 is 23.2 Å². The van der Waals surface area contributed by atoms with Gasteiger partial charge in [0.15, 0.2) is 0 Å². The fraction of sp³-hybridized carbons (Fsp3) is 0.364. The number of non-ortho nitro benzene ring substituents is 1. The highest BCUT2D eigenvalue weighted by molar-refractivity contribution is 6.35. The van der Waals surface area contributed by atoms with Gasteiger partial charge in [0.25, 0.3) is 11.6 Å². The zero-order valence-corrected chi connectivity index (χ0v) is 18.4. The highest BCUT2D eigenvalue weighted by Crippen LogP contribution is 2.48. The summed E-state index contributed by atoms with van der Waals surface area (Å²) in [5.74, 6) is -2.90. The summed E-state index contributed by atoms with van der Waals surface area (Å²) in [6.45, 7) is 0. The Labute approximate surface area is 194 Å². The van der Waals surface area contributed by atoms with Crippen molar-refractivity contribution in [1.82, 2.24) is 4.90 Å². The summed E-state index contributed by atoms with van der Waals surface area (Å²) in [7, 11) is 0. The summed E-state index contributed by atoms with van der Waals surface area (Å²) < 4.78 is 0. The van der Waals surface area contributed by atoms with Crippen molar-refractivity contribution >= 4 is 40.8 Å². The summed E-state index contributed by atoms with van der Waals surface area (Å²) >= 11 is 12.5. The van der Waals surface area contributed by atoms with Gasteiger partial charge in [0.1, 0.15) is 5.92 Å². The van der Waals surface area contributed by atoms with E-state index in [0.29, 0.717) is 23.4 Å². The fourth-order valence-corrected chi connectivity index (χ4v) is 5.41. The minimum Gasteiger partial charge on any atom is -0.481 e. The number of amides is 1. The number of benzene rings is 2. The third-order valence-electron chi connectivity index (χ3n) is 6.35. The van der Waals surface area contributed by atoms with Crippen LogP contribution in [0.1, 0.15) is 59.1 Å². The van der Waals surface area contributed by atoms with Crippen LogP contribution in [0.4, 0.5) is 5.69 Å². The van der Waals surface area contributed by atoms with Gasteiger partial charge in [0.05, 0.1) is 11.0 Å². The van der Waals surface area contributed by atoms with Crippen LogP contribution < -0.4 is 5.73 Å². The Balaban J connectivity index is 1.98. The number of aliphatic carboxylic acids is 1. The van der Waals surface area contributed by atoms with Gasteiger partial charge in [-0.05, 0) is 42.2 Å². The molecule has 1 heterocycles. The fourth-order valence-electron chi connectivity index (χ4n) is 4.89. The van der Waals surface area contributed by atoms with Crippen molar-refractivity contribution in [3.8, 4) is 0 Å². The van der Waals surface area contributed by atoms with Gasteiger partial charge in [-0.15, -0.1) is 0 Å². The smallest absolute Gasteiger partial charge is 0.313 e. The molecule has 168 valence electrons. The van der Waals surface area contributed by atoms with E-state index in [4.69, 9.17) is 28.9 Å². The van der Waals surface area contributed by atoms with Gasteiger partial charge in [-0.3, -0.25) is 19.7 Å². The molecule has 0 bridgehead atoms. The zero-order valence-electron chi connectivity index (χ0n) is 16.9. The molecule has 3 N–H and O–H groups in total. The molecule has 4 atom stereocenters. The second kappa shape index (κ2) is 8.69. The van der Waals surface area contributed by atoms with Crippen LogP contribution in [-0.4, -0.2) is 38.9 Å². The van der Waals surface area contributed by atoms with Gasteiger partial charge in [0.2, 0.25) is 0 Å². The van der Waals surface area contributed by atoms with E-state index >= 15 is 0 Å². The Morgan fingerprint density at radius 1 is 1.12 bits per heavy atom. The first-order valence-corrected chi connectivity index (χ1v) is 11.0. The predicted octanol–water partition coefficient (Wildman–Crippen LogP) is 4.54. The van der Waals surface area contributed by atoms with Crippen molar-refractivity contribution < 1.29 is 19.6 Å². The molecule has 2 aromatic rings. The molecule has 4 rings (SSSR count). The first-order chi connectivity index (χ1) is 15.2. The monoisotopic (exact) mass is 477 g/mol. The summed E-state index contributed by atoms with van der Waals surface area (Å²) in [4.78, 5) is 38.6. The first kappa shape index (κ1) is 22.5. The van der Waals surface area contributed by atoms with E-state index in [0.717, 1.165) is 12.8 Å². The topological polar surface area (TPSA) is 127 Å². The molecule has 10 heteroatoms. The molecule has 0 spiro atoms. The van der Waals surface area contributed by atoms with Crippen LogP contribution in [0, 0.1) is 10.1 Å². The molecule has 1 fully saturated rings. The average molecular weight is 478 g/mol. The van der Waals surface area contributed by atoms with Gasteiger partial charge in [-0.2, -0.15) is 0 Å². The number of nitro groups is 1. The standard InChI is InChI=1S/C22H21Cl2N3O5/c23-11-5-7-14(16(24)9-11)20-19(22(29)30)15-10-12(27(31)32)6-8-13(15)21(28)26(20)18-4-2-1-3-17(18)25/h5-10,17-20H,1-4,25H2,(H,29,30)/t17-,18-,19+,20-/m0/s1. The van der Waals surface area contributed by atoms with E-state index in [1.807, 2.05) is 0 Å². The van der Waals surface area contributed by atoms with Crippen molar-refractivity contribution in [3.05, 3.63) is 73.2 Å². The number of rotatable bonds is 4. The summed E-state index contributed by atoms with van der Waals surface area (Å²) in [5, 5.41) is 22.2. The number of carbonyl (C=O) groups excluding carboxylic acids is 1. The molecule has 0 unspecified atom stereocenters. The molecule has 1 aliphatic carbocycles. The van der Waals surface area contributed by atoms with Gasteiger partial charge < -0.3 is 15.7 Å². The number of carboxylic acids is 1. The highest BCUT2D eigenvalue weighted by Gasteiger charge is 2.49. The maximum absolute atomic E-state index is 13.7. The predicted molar refractivity (Wildman–Crippen MR) is 119 cm³/mol. The lowest BCUT2D eigenvalue weighted by atomic mass is 9.77. The maximum Gasteiger partial charge on any atom is 0.313 e. The van der Waals surface area contributed by atoms with Crippen LogP contribution in [0.5, 0.6) is 0 Å². The third kappa shape index (κ3) is 3.83. The minimum atomic E-state index is -1.27. The van der Waals surface area contributed by atoms with Crippen LogP contribution in [-0.2, 0) is 4.79 Å². The molecule has 32 heavy (non-hydrogen) atoms. The minimum absolute atomic E-state index is 0.0911. The number of hydrogen-bond donors (Lipinski definition) is 2. The Bertz CT molecular complexity index is 1110. The third-order valence-corrected chi connectivity index (χ3v) is 6.91. The number of hydrogen-bond acceptors (Lipinski definition) is 5. The molecule has 0 aromatic heterocycles. The zero-order chi connectivity index (χ0) is 23.2. The lowest BCUT2D eigenvalue weighted by Gasteiger charge is -2.48. The number of nitro benzene ring substituents is 1. The average Bonchev–Trinajstić information content (AvgIpc) is 2.74. The molecular formula is C22H21Cl2N3O5. The van der Waals surface area contributed by atoms with Crippen molar-refractivity contribution in [2.24, 2.45) is 5.73 Å². The van der Waals surface area contributed by atoms with E-state index in [-0.39, 0.29) is 27.9 Å². The number of carboxylic acid groups (broad SMARTS) is 1. The first-order valence-electron chi connectivity index (χ1n) is 10.2. The molecule has 1 amide bonds. The van der Waals surface area contributed by atoms with Crippen LogP contribution in [0.25, 0.3) is 0 Å². The number of nitrogens with zero attached hydrogens (tertiary/aromatic N) is 2. The number of halogens is 2. The number of nitrogens with two attached hydrogens (primary N) is 1. The lowest BCUT2D eigenvalue weighted by Crippen LogP contribution is -2.56. The Morgan fingerprint density at radius 3 is 2.47 bits per heavy atom. The van der Waals surface area contributed by atoms with Crippen molar-refractivity contribution in [1.29, 1.82) is 0 Å². The van der Waals surface area contributed by atoms with Crippen LogP contribution in [0.3, 0.4) is 0 Å². The molecule has 2 aromatic carbocycles. The lowest BCUT2D eigenvalue weighted by molar-refractivity contribution is -0.384. The van der Waals surface area contributed by atoms with Crippen molar-refractivity contribution in [2.75, 3.05) is 0 Å². The molecule has 1 aliphatic heterocycles. The van der Waals surface area contributed by atoms with Gasteiger partial charge in [-0.1, -0.05) is 42.1 Å².